The molecular formula is C18H30. The first-order valence-corrected chi connectivity index (χ1v) is 8.19. The average Bonchev–Trinajstić information content (AvgIpc) is 2.68. The van der Waals surface area contributed by atoms with E-state index in [4.69, 9.17) is 0 Å². The van der Waals surface area contributed by atoms with Crippen molar-refractivity contribution >= 4 is 0 Å². The third-order valence-electron chi connectivity index (χ3n) is 4.96. The molecule has 0 aromatic rings. The van der Waals surface area contributed by atoms with Crippen molar-refractivity contribution in [2.75, 3.05) is 0 Å². The van der Waals surface area contributed by atoms with Crippen molar-refractivity contribution in [1.82, 2.24) is 0 Å². The number of hydrogen-bond acceptors (Lipinski definition) is 0. The van der Waals surface area contributed by atoms with E-state index in [1.807, 2.05) is 0 Å². The van der Waals surface area contributed by atoms with E-state index < -0.39 is 0 Å². The molecule has 1 saturated carbocycles. The first-order chi connectivity index (χ1) is 8.83. The number of unbranched alkanes of at least 4 members (excludes halogenated alkanes) is 1. The van der Waals surface area contributed by atoms with Crippen molar-refractivity contribution in [3.05, 3.63) is 23.8 Å². The summed E-state index contributed by atoms with van der Waals surface area (Å²) in [7, 11) is 0. The van der Waals surface area contributed by atoms with Crippen LogP contribution in [0.25, 0.3) is 0 Å². The van der Waals surface area contributed by atoms with Crippen molar-refractivity contribution in [3.8, 4) is 0 Å². The Bertz CT molecular complexity index is 297. The molecule has 0 N–H and O–H groups in total. The summed E-state index contributed by atoms with van der Waals surface area (Å²) in [6, 6.07) is 0. The molecule has 0 nitrogen and oxygen atoms in total. The molecule has 0 heteroatoms. The van der Waals surface area contributed by atoms with Crippen LogP contribution in [0.15, 0.2) is 23.8 Å². The molecular weight excluding hydrogens is 216 g/mol. The molecule has 18 heavy (non-hydrogen) atoms. The molecule has 2 aliphatic carbocycles. The van der Waals surface area contributed by atoms with Gasteiger partial charge < -0.3 is 0 Å². The summed E-state index contributed by atoms with van der Waals surface area (Å²) in [5.74, 6) is 2.72. The Balaban J connectivity index is 2.10. The van der Waals surface area contributed by atoms with Gasteiger partial charge in [-0.1, -0.05) is 63.3 Å². The van der Waals surface area contributed by atoms with E-state index in [2.05, 4.69) is 32.1 Å². The highest BCUT2D eigenvalue weighted by atomic mass is 14.4. The Labute approximate surface area is 114 Å². The van der Waals surface area contributed by atoms with Crippen molar-refractivity contribution < 1.29 is 0 Å². The molecule has 1 fully saturated rings. The summed E-state index contributed by atoms with van der Waals surface area (Å²) in [6.45, 7) is 4.80. The van der Waals surface area contributed by atoms with Crippen LogP contribution in [0.5, 0.6) is 0 Å². The minimum atomic E-state index is 0.897. The monoisotopic (exact) mass is 246 g/mol. The first kappa shape index (κ1) is 13.9. The van der Waals surface area contributed by atoms with E-state index in [0.29, 0.717) is 0 Å². The highest BCUT2D eigenvalue weighted by Gasteiger charge is 2.34. The second kappa shape index (κ2) is 7.16. The summed E-state index contributed by atoms with van der Waals surface area (Å²) in [5.41, 5.74) is 1.80. The van der Waals surface area contributed by atoms with Crippen LogP contribution in [-0.2, 0) is 0 Å². The molecule has 0 heterocycles. The van der Waals surface area contributed by atoms with Crippen LogP contribution in [0.2, 0.25) is 0 Å². The molecule has 3 atom stereocenters. The SMILES string of the molecule is CCCCC1CC(C)C2CCCCCC=CC=C12. The van der Waals surface area contributed by atoms with E-state index in [9.17, 15) is 0 Å². The molecule has 0 bridgehead atoms. The van der Waals surface area contributed by atoms with Crippen LogP contribution in [0.1, 0.15) is 71.6 Å². The maximum absolute atomic E-state index is 2.49. The van der Waals surface area contributed by atoms with E-state index in [0.717, 1.165) is 17.8 Å². The highest BCUT2D eigenvalue weighted by Crippen LogP contribution is 2.45. The smallest absolute Gasteiger partial charge is 0.0171 e. The van der Waals surface area contributed by atoms with E-state index in [1.54, 1.807) is 5.57 Å². The molecule has 0 spiro atoms. The van der Waals surface area contributed by atoms with Crippen molar-refractivity contribution in [1.29, 1.82) is 0 Å². The van der Waals surface area contributed by atoms with Crippen LogP contribution in [0.4, 0.5) is 0 Å². The molecule has 2 aliphatic rings. The summed E-state index contributed by atoms with van der Waals surface area (Å²) < 4.78 is 0. The van der Waals surface area contributed by atoms with Gasteiger partial charge in [0, 0.05) is 0 Å². The predicted molar refractivity (Wildman–Crippen MR) is 80.6 cm³/mol. The van der Waals surface area contributed by atoms with Crippen LogP contribution < -0.4 is 0 Å². The number of allylic oxidation sites excluding steroid dienone is 4. The van der Waals surface area contributed by atoms with Crippen molar-refractivity contribution in [2.45, 2.75) is 71.6 Å². The van der Waals surface area contributed by atoms with Crippen molar-refractivity contribution in [3.63, 3.8) is 0 Å². The lowest BCUT2D eigenvalue weighted by atomic mass is 9.86. The maximum Gasteiger partial charge on any atom is -0.0171 e. The average molecular weight is 246 g/mol. The molecule has 0 amide bonds. The zero-order valence-corrected chi connectivity index (χ0v) is 12.3. The summed E-state index contributed by atoms with van der Waals surface area (Å²) in [4.78, 5) is 0. The third kappa shape index (κ3) is 3.49. The van der Waals surface area contributed by atoms with Gasteiger partial charge in [-0.2, -0.15) is 0 Å². The molecule has 0 aliphatic heterocycles. The molecule has 2 rings (SSSR count). The van der Waals surface area contributed by atoms with E-state index in [1.165, 1.54) is 57.8 Å². The van der Waals surface area contributed by atoms with E-state index in [-0.39, 0.29) is 0 Å². The largest absolute Gasteiger partial charge is 0.0845 e. The maximum atomic E-state index is 2.49. The van der Waals surface area contributed by atoms with Gasteiger partial charge in [-0.05, 0) is 49.9 Å². The van der Waals surface area contributed by atoms with Gasteiger partial charge in [-0.15, -0.1) is 0 Å². The summed E-state index contributed by atoms with van der Waals surface area (Å²) in [6.07, 6.45) is 19.8. The van der Waals surface area contributed by atoms with Gasteiger partial charge in [0.2, 0.25) is 0 Å². The lowest BCUT2D eigenvalue weighted by molar-refractivity contribution is 0.406. The second-order valence-electron chi connectivity index (χ2n) is 6.39. The molecule has 102 valence electrons. The fourth-order valence-corrected chi connectivity index (χ4v) is 3.90. The topological polar surface area (TPSA) is 0 Å². The van der Waals surface area contributed by atoms with Gasteiger partial charge in [-0.25, -0.2) is 0 Å². The van der Waals surface area contributed by atoms with Crippen LogP contribution >= 0.6 is 0 Å². The third-order valence-corrected chi connectivity index (χ3v) is 4.96. The molecule has 3 unspecified atom stereocenters. The zero-order valence-electron chi connectivity index (χ0n) is 12.3. The summed E-state index contributed by atoms with van der Waals surface area (Å²) in [5, 5.41) is 0. The van der Waals surface area contributed by atoms with Gasteiger partial charge in [0.1, 0.15) is 0 Å². The minimum Gasteiger partial charge on any atom is -0.0845 e. The summed E-state index contributed by atoms with van der Waals surface area (Å²) >= 11 is 0. The number of fused-ring (bicyclic) bond motifs is 1. The molecule has 0 radical (unpaired) electrons. The number of hydrogen-bond donors (Lipinski definition) is 0. The predicted octanol–water partition coefficient (Wildman–Crippen LogP) is 5.90. The molecule has 0 aromatic carbocycles. The normalized spacial score (nSPS) is 33.0. The fourth-order valence-electron chi connectivity index (χ4n) is 3.90. The number of rotatable bonds is 3. The van der Waals surface area contributed by atoms with Gasteiger partial charge in [0.25, 0.3) is 0 Å². The van der Waals surface area contributed by atoms with Crippen LogP contribution in [0.3, 0.4) is 0 Å². The van der Waals surface area contributed by atoms with Gasteiger partial charge in [0.15, 0.2) is 0 Å². The lowest BCUT2D eigenvalue weighted by Gasteiger charge is -2.19. The zero-order chi connectivity index (χ0) is 12.8. The quantitative estimate of drug-likeness (QED) is 0.582. The molecule has 0 aromatic heterocycles. The highest BCUT2D eigenvalue weighted by molar-refractivity contribution is 5.23. The Kier molecular flexibility index (Phi) is 5.53. The van der Waals surface area contributed by atoms with Gasteiger partial charge in [-0.3, -0.25) is 0 Å². The lowest BCUT2D eigenvalue weighted by Crippen LogP contribution is -2.07. The van der Waals surface area contributed by atoms with Crippen molar-refractivity contribution in [2.24, 2.45) is 17.8 Å². The van der Waals surface area contributed by atoms with E-state index >= 15 is 0 Å². The Morgan fingerprint density at radius 1 is 1.22 bits per heavy atom. The Morgan fingerprint density at radius 3 is 2.94 bits per heavy atom. The first-order valence-electron chi connectivity index (χ1n) is 8.19. The van der Waals surface area contributed by atoms with Gasteiger partial charge >= 0.3 is 0 Å². The van der Waals surface area contributed by atoms with Crippen LogP contribution in [0, 0.1) is 17.8 Å². The fraction of sp³-hybridized carbons (Fsp3) is 0.778. The Morgan fingerprint density at radius 2 is 2.11 bits per heavy atom. The second-order valence-corrected chi connectivity index (χ2v) is 6.39. The van der Waals surface area contributed by atoms with Gasteiger partial charge in [0.05, 0.1) is 0 Å². The molecule has 0 saturated heterocycles. The standard InChI is InChI=1S/C18H30/c1-3-4-11-16-14-15(2)17-12-9-7-5-6-8-10-13-18(16)17/h8,10,13,15-17H,3-7,9,11-12,14H2,1-2H3. The minimum absolute atomic E-state index is 0.897. The van der Waals surface area contributed by atoms with Crippen LogP contribution in [-0.4, -0.2) is 0 Å². The Hall–Kier alpha value is -0.520.